The summed E-state index contributed by atoms with van der Waals surface area (Å²) in [6.45, 7) is 0.260. The summed E-state index contributed by atoms with van der Waals surface area (Å²) < 4.78 is 16.1. The van der Waals surface area contributed by atoms with Crippen LogP contribution >= 0.6 is 0 Å². The van der Waals surface area contributed by atoms with Crippen molar-refractivity contribution in [3.63, 3.8) is 0 Å². The van der Waals surface area contributed by atoms with Crippen LogP contribution in [0.1, 0.15) is 21.5 Å². The predicted octanol–water partition coefficient (Wildman–Crippen LogP) is 3.16. The number of ether oxygens (including phenoxy) is 3. The number of rotatable bonds is 10. The van der Waals surface area contributed by atoms with Gasteiger partial charge in [-0.05, 0) is 53.6 Å². The van der Waals surface area contributed by atoms with Gasteiger partial charge in [0, 0.05) is 5.56 Å². The molecular weight excluding hydrogens is 422 g/mol. The molecule has 0 fully saturated rings. The highest BCUT2D eigenvalue weighted by atomic mass is 16.5. The number of nitrogens with one attached hydrogen (secondary N) is 2. The first-order chi connectivity index (χ1) is 16.1. The summed E-state index contributed by atoms with van der Waals surface area (Å²) in [4.78, 5) is 24.2. The number of carbonyl (C=O) groups excluding carboxylic acids is 2. The Hall–Kier alpha value is -4.33. The Kier molecular flexibility index (Phi) is 8.41. The van der Waals surface area contributed by atoms with Crippen LogP contribution in [0.15, 0.2) is 77.9 Å². The maximum atomic E-state index is 12.3. The number of hydrogen-bond acceptors (Lipinski definition) is 6. The molecule has 0 saturated heterocycles. The monoisotopic (exact) mass is 447 g/mol. The number of hydrogen-bond donors (Lipinski definition) is 2. The summed E-state index contributed by atoms with van der Waals surface area (Å²) in [5.74, 6) is 0.801. The lowest BCUT2D eigenvalue weighted by atomic mass is 10.2. The van der Waals surface area contributed by atoms with E-state index in [-0.39, 0.29) is 6.54 Å². The van der Waals surface area contributed by atoms with Crippen LogP contribution in [-0.2, 0) is 11.4 Å². The predicted molar refractivity (Wildman–Crippen MR) is 125 cm³/mol. The van der Waals surface area contributed by atoms with E-state index in [0.717, 1.165) is 16.9 Å². The summed E-state index contributed by atoms with van der Waals surface area (Å²) in [5.41, 5.74) is 4.60. The van der Waals surface area contributed by atoms with Crippen molar-refractivity contribution < 1.29 is 23.8 Å². The van der Waals surface area contributed by atoms with Crippen molar-refractivity contribution in [1.82, 2.24) is 10.7 Å². The average Bonchev–Trinajstić information content (AvgIpc) is 2.87. The lowest BCUT2D eigenvalue weighted by Gasteiger charge is -2.09. The number of nitrogens with zero attached hydrogens (tertiary/aromatic N) is 1. The third-order valence-electron chi connectivity index (χ3n) is 4.59. The van der Waals surface area contributed by atoms with Gasteiger partial charge in [-0.1, -0.05) is 30.3 Å². The van der Waals surface area contributed by atoms with Gasteiger partial charge in [0.25, 0.3) is 11.8 Å². The second kappa shape index (κ2) is 11.9. The highest BCUT2D eigenvalue weighted by Gasteiger charge is 2.11. The molecule has 2 amide bonds. The molecule has 0 saturated carbocycles. The van der Waals surface area contributed by atoms with Crippen LogP contribution in [0, 0.1) is 0 Å². The molecule has 0 radical (unpaired) electrons. The fourth-order valence-electron chi connectivity index (χ4n) is 2.85. The zero-order valence-electron chi connectivity index (χ0n) is 18.4. The smallest absolute Gasteiger partial charge is 0.259 e. The first-order valence-electron chi connectivity index (χ1n) is 10.2. The van der Waals surface area contributed by atoms with Gasteiger partial charge in [-0.25, -0.2) is 5.43 Å². The number of amides is 2. The molecule has 0 atom stereocenters. The fourth-order valence-corrected chi connectivity index (χ4v) is 2.85. The Labute approximate surface area is 192 Å². The van der Waals surface area contributed by atoms with E-state index in [1.165, 1.54) is 26.5 Å². The molecule has 3 rings (SSSR count). The van der Waals surface area contributed by atoms with E-state index in [1.807, 2.05) is 54.6 Å². The SMILES string of the molecule is COc1ccc(C(=O)NCC(=O)N/N=C\c2ccc(OCc3ccccc3)cc2)cc1OC. The number of benzene rings is 3. The summed E-state index contributed by atoms with van der Waals surface area (Å²) in [6.07, 6.45) is 1.51. The first-order valence-corrected chi connectivity index (χ1v) is 10.2. The zero-order valence-corrected chi connectivity index (χ0v) is 18.4. The third kappa shape index (κ3) is 7.10. The van der Waals surface area contributed by atoms with Gasteiger partial charge in [0.1, 0.15) is 12.4 Å². The van der Waals surface area contributed by atoms with E-state index in [1.54, 1.807) is 12.1 Å². The minimum absolute atomic E-state index is 0.225. The van der Waals surface area contributed by atoms with Gasteiger partial charge in [0.2, 0.25) is 0 Å². The van der Waals surface area contributed by atoms with Gasteiger partial charge in [-0.3, -0.25) is 9.59 Å². The molecular formula is C25H25N3O5. The van der Waals surface area contributed by atoms with Crippen LogP contribution in [0.5, 0.6) is 17.2 Å². The molecule has 33 heavy (non-hydrogen) atoms. The molecule has 0 aliphatic heterocycles. The Balaban J connectivity index is 1.42. The van der Waals surface area contributed by atoms with Crippen molar-refractivity contribution in [3.05, 3.63) is 89.5 Å². The molecule has 2 N–H and O–H groups in total. The molecule has 0 spiro atoms. The van der Waals surface area contributed by atoms with Gasteiger partial charge < -0.3 is 19.5 Å². The molecule has 0 aromatic heterocycles. The van der Waals surface area contributed by atoms with Gasteiger partial charge in [-0.15, -0.1) is 0 Å². The maximum absolute atomic E-state index is 12.3. The Morgan fingerprint density at radius 3 is 2.33 bits per heavy atom. The highest BCUT2D eigenvalue weighted by Crippen LogP contribution is 2.27. The number of hydrazone groups is 1. The van der Waals surface area contributed by atoms with Crippen LogP contribution in [0.4, 0.5) is 0 Å². The van der Waals surface area contributed by atoms with E-state index in [9.17, 15) is 9.59 Å². The van der Waals surface area contributed by atoms with Gasteiger partial charge in [0.15, 0.2) is 11.5 Å². The largest absolute Gasteiger partial charge is 0.493 e. The topological polar surface area (TPSA) is 98.2 Å². The normalized spacial score (nSPS) is 10.5. The molecule has 0 aliphatic carbocycles. The zero-order chi connectivity index (χ0) is 23.5. The van der Waals surface area contributed by atoms with Crippen LogP contribution in [0.25, 0.3) is 0 Å². The second-order valence-electron chi connectivity index (χ2n) is 6.89. The van der Waals surface area contributed by atoms with Crippen molar-refractivity contribution in [1.29, 1.82) is 0 Å². The van der Waals surface area contributed by atoms with Crippen LogP contribution in [0.3, 0.4) is 0 Å². The van der Waals surface area contributed by atoms with Crippen molar-refractivity contribution in [3.8, 4) is 17.2 Å². The molecule has 8 heteroatoms. The molecule has 0 aliphatic rings. The highest BCUT2D eigenvalue weighted by molar-refractivity contribution is 5.97. The second-order valence-corrected chi connectivity index (χ2v) is 6.89. The summed E-state index contributed by atoms with van der Waals surface area (Å²) >= 11 is 0. The van der Waals surface area contributed by atoms with Crippen LogP contribution in [0.2, 0.25) is 0 Å². The Morgan fingerprint density at radius 2 is 1.64 bits per heavy atom. The van der Waals surface area contributed by atoms with E-state index in [4.69, 9.17) is 14.2 Å². The Morgan fingerprint density at radius 1 is 0.909 bits per heavy atom. The van der Waals surface area contributed by atoms with Crippen molar-refractivity contribution in [2.75, 3.05) is 20.8 Å². The van der Waals surface area contributed by atoms with E-state index in [0.29, 0.717) is 23.7 Å². The first kappa shape index (κ1) is 23.3. The van der Waals surface area contributed by atoms with E-state index >= 15 is 0 Å². The standard InChI is InChI=1S/C25H25N3O5/c1-31-22-13-10-20(14-23(22)32-2)25(30)26-16-24(29)28-27-15-18-8-11-21(12-9-18)33-17-19-6-4-3-5-7-19/h3-15H,16-17H2,1-2H3,(H,26,30)(H,28,29)/b27-15-. The lowest BCUT2D eigenvalue weighted by molar-refractivity contribution is -0.120. The van der Waals surface area contributed by atoms with E-state index in [2.05, 4.69) is 15.8 Å². The Bertz CT molecular complexity index is 1100. The average molecular weight is 447 g/mol. The minimum atomic E-state index is -0.456. The van der Waals surface area contributed by atoms with Crippen molar-refractivity contribution >= 4 is 18.0 Å². The van der Waals surface area contributed by atoms with Crippen molar-refractivity contribution in [2.24, 2.45) is 5.10 Å². The third-order valence-corrected chi connectivity index (χ3v) is 4.59. The summed E-state index contributed by atoms with van der Waals surface area (Å²) in [7, 11) is 2.99. The van der Waals surface area contributed by atoms with Crippen molar-refractivity contribution in [2.45, 2.75) is 6.61 Å². The number of methoxy groups -OCH3 is 2. The number of carbonyl (C=O) groups is 2. The quantitative estimate of drug-likeness (QED) is 0.368. The summed E-state index contributed by atoms with van der Waals surface area (Å²) in [5, 5.41) is 6.45. The van der Waals surface area contributed by atoms with Gasteiger partial charge >= 0.3 is 0 Å². The molecule has 0 unspecified atom stereocenters. The van der Waals surface area contributed by atoms with E-state index < -0.39 is 11.8 Å². The maximum Gasteiger partial charge on any atom is 0.259 e. The van der Waals surface area contributed by atoms with Gasteiger partial charge in [0.05, 0.1) is 27.0 Å². The fraction of sp³-hybridized carbons (Fsp3) is 0.160. The molecule has 170 valence electrons. The van der Waals surface area contributed by atoms with Gasteiger partial charge in [-0.2, -0.15) is 5.10 Å². The summed E-state index contributed by atoms with van der Waals surface area (Å²) in [6, 6.07) is 22.0. The lowest BCUT2D eigenvalue weighted by Crippen LogP contribution is -2.34. The molecule has 0 bridgehead atoms. The molecule has 8 nitrogen and oxygen atoms in total. The molecule has 0 heterocycles. The minimum Gasteiger partial charge on any atom is -0.493 e. The van der Waals surface area contributed by atoms with Crippen LogP contribution in [-0.4, -0.2) is 38.8 Å². The van der Waals surface area contributed by atoms with Crippen LogP contribution < -0.4 is 25.0 Å². The molecule has 3 aromatic carbocycles. The molecule has 3 aromatic rings.